The van der Waals surface area contributed by atoms with E-state index in [9.17, 15) is 9.59 Å². The highest BCUT2D eigenvalue weighted by Gasteiger charge is 2.17. The van der Waals surface area contributed by atoms with Crippen molar-refractivity contribution in [1.29, 1.82) is 0 Å². The minimum Gasteiger partial charge on any atom is -0.490 e. The van der Waals surface area contributed by atoms with E-state index in [2.05, 4.69) is 0 Å². The van der Waals surface area contributed by atoms with E-state index in [1.807, 2.05) is 25.1 Å². The summed E-state index contributed by atoms with van der Waals surface area (Å²) in [6, 6.07) is 15.6. The van der Waals surface area contributed by atoms with E-state index in [-0.39, 0.29) is 17.8 Å². The fourth-order valence-corrected chi connectivity index (χ4v) is 4.32. The molecule has 36 heavy (non-hydrogen) atoms. The summed E-state index contributed by atoms with van der Waals surface area (Å²) < 4.78 is 23.3. The molecule has 0 saturated carbocycles. The lowest BCUT2D eigenvalue weighted by molar-refractivity contribution is 0.0921. The van der Waals surface area contributed by atoms with Crippen molar-refractivity contribution in [3.8, 4) is 28.4 Å². The Balaban J connectivity index is 1.46. The number of hydrogen-bond acceptors (Lipinski definition) is 6. The molecule has 1 aromatic heterocycles. The highest BCUT2D eigenvalue weighted by atomic mass is 35.5. The Hall–Kier alpha value is -3.77. The lowest BCUT2D eigenvalue weighted by Gasteiger charge is -2.13. The van der Waals surface area contributed by atoms with Crippen LogP contribution in [0.2, 0.25) is 5.02 Å². The minimum absolute atomic E-state index is 0.136. The van der Waals surface area contributed by atoms with Gasteiger partial charge in [0, 0.05) is 23.1 Å². The van der Waals surface area contributed by atoms with Crippen LogP contribution >= 0.6 is 11.6 Å². The summed E-state index contributed by atoms with van der Waals surface area (Å²) in [4.78, 5) is 26.1. The number of hydrogen-bond donors (Lipinski definition) is 0. The van der Waals surface area contributed by atoms with Gasteiger partial charge in [0.15, 0.2) is 23.9 Å². The molecule has 4 aromatic rings. The molecule has 0 fully saturated rings. The van der Waals surface area contributed by atoms with E-state index < -0.39 is 0 Å². The molecule has 7 heteroatoms. The van der Waals surface area contributed by atoms with Gasteiger partial charge in [-0.25, -0.2) is 0 Å². The number of rotatable bonds is 7. The summed E-state index contributed by atoms with van der Waals surface area (Å²) in [7, 11) is 0. The normalized spacial score (nSPS) is 12.8. The molecular formula is C29H25ClO6. The van der Waals surface area contributed by atoms with Gasteiger partial charge in [0.2, 0.25) is 5.43 Å². The van der Waals surface area contributed by atoms with Crippen molar-refractivity contribution in [2.24, 2.45) is 0 Å². The van der Waals surface area contributed by atoms with Gasteiger partial charge in [-0.3, -0.25) is 9.59 Å². The predicted octanol–water partition coefficient (Wildman–Crippen LogP) is 6.49. The fraction of sp³-hybridized carbons (Fsp3) is 0.241. The number of carbonyl (C=O) groups is 1. The summed E-state index contributed by atoms with van der Waals surface area (Å²) in [6.45, 7) is 3.07. The molecule has 5 rings (SSSR count). The molecule has 0 N–H and O–H groups in total. The molecule has 0 atom stereocenters. The molecule has 1 aliphatic rings. The summed E-state index contributed by atoms with van der Waals surface area (Å²) in [6.07, 6.45) is 3.79. The van der Waals surface area contributed by atoms with Crippen LogP contribution in [-0.2, 0) is 6.42 Å². The number of halogens is 1. The van der Waals surface area contributed by atoms with Crippen LogP contribution in [0.3, 0.4) is 0 Å². The van der Waals surface area contributed by atoms with Crippen molar-refractivity contribution in [2.45, 2.75) is 26.2 Å². The Morgan fingerprint density at radius 1 is 1.00 bits per heavy atom. The number of benzene rings is 3. The maximum absolute atomic E-state index is 13.5. The van der Waals surface area contributed by atoms with E-state index in [4.69, 9.17) is 30.2 Å². The maximum atomic E-state index is 13.5. The molecule has 0 bridgehead atoms. The Morgan fingerprint density at radius 3 is 2.56 bits per heavy atom. The molecule has 2 heterocycles. The van der Waals surface area contributed by atoms with Gasteiger partial charge < -0.3 is 18.6 Å². The summed E-state index contributed by atoms with van der Waals surface area (Å²) >= 11 is 5.91. The van der Waals surface area contributed by atoms with Gasteiger partial charge in [-0.15, -0.1) is 0 Å². The van der Waals surface area contributed by atoms with Crippen LogP contribution in [0.1, 0.15) is 35.7 Å². The first-order valence-electron chi connectivity index (χ1n) is 11.9. The highest BCUT2D eigenvalue weighted by Crippen LogP contribution is 2.34. The Morgan fingerprint density at radius 2 is 1.78 bits per heavy atom. The van der Waals surface area contributed by atoms with E-state index in [0.29, 0.717) is 69.6 Å². The molecule has 184 valence electrons. The summed E-state index contributed by atoms with van der Waals surface area (Å²) in [5.41, 5.74) is 2.74. The Bertz CT molecular complexity index is 1470. The third-order valence-electron chi connectivity index (χ3n) is 6.06. The largest absolute Gasteiger partial charge is 0.490 e. The van der Waals surface area contributed by atoms with Gasteiger partial charge in [-0.05, 0) is 60.0 Å². The zero-order valence-corrected chi connectivity index (χ0v) is 20.6. The van der Waals surface area contributed by atoms with Gasteiger partial charge in [0.25, 0.3) is 0 Å². The average molecular weight is 505 g/mol. The topological polar surface area (TPSA) is 75.0 Å². The maximum Gasteiger partial charge on any atom is 0.200 e. The highest BCUT2D eigenvalue weighted by molar-refractivity contribution is 6.30. The van der Waals surface area contributed by atoms with Crippen molar-refractivity contribution < 1.29 is 23.4 Å². The smallest absolute Gasteiger partial charge is 0.200 e. The van der Waals surface area contributed by atoms with Crippen molar-refractivity contribution in [2.75, 3.05) is 19.8 Å². The van der Waals surface area contributed by atoms with Crippen LogP contribution in [-0.4, -0.2) is 25.6 Å². The fourth-order valence-electron chi connectivity index (χ4n) is 4.19. The van der Waals surface area contributed by atoms with Gasteiger partial charge in [-0.2, -0.15) is 0 Å². The van der Waals surface area contributed by atoms with Gasteiger partial charge in [0.1, 0.15) is 17.6 Å². The molecular weight excluding hydrogens is 480 g/mol. The number of ketones is 1. The summed E-state index contributed by atoms with van der Waals surface area (Å²) in [5.74, 6) is 1.64. The Labute approximate surface area is 213 Å². The SMILES string of the molecule is CCCc1cc2c(=O)c(-c3ccc4c(c3)OCCCO4)coc2cc1OCC(=O)c1ccc(Cl)cc1. The molecule has 0 spiro atoms. The number of fused-ring (bicyclic) bond motifs is 2. The third-order valence-corrected chi connectivity index (χ3v) is 6.31. The number of carbonyl (C=O) groups excluding carboxylic acids is 1. The number of aryl methyl sites for hydroxylation is 1. The van der Waals surface area contributed by atoms with Crippen molar-refractivity contribution >= 4 is 28.4 Å². The number of Topliss-reactive ketones (excluding diaryl/α,β-unsaturated/α-hetero) is 1. The van der Waals surface area contributed by atoms with Gasteiger partial charge in [0.05, 0.1) is 24.2 Å². The molecule has 1 aliphatic heterocycles. The lowest BCUT2D eigenvalue weighted by atomic mass is 10.0. The molecule has 0 unspecified atom stereocenters. The number of ether oxygens (including phenoxy) is 3. The predicted molar refractivity (Wildman–Crippen MR) is 139 cm³/mol. The van der Waals surface area contributed by atoms with Crippen molar-refractivity contribution in [3.63, 3.8) is 0 Å². The molecule has 0 amide bonds. The van der Waals surface area contributed by atoms with Crippen molar-refractivity contribution in [3.05, 3.63) is 87.2 Å². The first-order valence-corrected chi connectivity index (χ1v) is 12.3. The summed E-state index contributed by atoms with van der Waals surface area (Å²) in [5, 5.41) is 1.02. The van der Waals surface area contributed by atoms with Crippen LogP contribution < -0.4 is 19.6 Å². The molecule has 3 aromatic carbocycles. The van der Waals surface area contributed by atoms with Crippen LogP contribution in [0, 0.1) is 0 Å². The van der Waals surface area contributed by atoms with E-state index in [0.717, 1.165) is 18.4 Å². The van der Waals surface area contributed by atoms with Crippen LogP contribution in [0.15, 0.2) is 70.1 Å². The second-order valence-corrected chi connectivity index (χ2v) is 9.05. The molecule has 0 aliphatic carbocycles. The first-order chi connectivity index (χ1) is 17.5. The van der Waals surface area contributed by atoms with Crippen LogP contribution in [0.5, 0.6) is 17.2 Å². The zero-order valence-electron chi connectivity index (χ0n) is 19.8. The monoisotopic (exact) mass is 504 g/mol. The molecule has 6 nitrogen and oxygen atoms in total. The quantitative estimate of drug-likeness (QED) is 0.268. The Kier molecular flexibility index (Phi) is 6.96. The van der Waals surface area contributed by atoms with Crippen LogP contribution in [0.4, 0.5) is 0 Å². The van der Waals surface area contributed by atoms with Crippen molar-refractivity contribution in [1.82, 2.24) is 0 Å². The minimum atomic E-state index is -0.166. The molecule has 0 saturated heterocycles. The third kappa shape index (κ3) is 4.95. The van der Waals surface area contributed by atoms with E-state index in [1.165, 1.54) is 6.26 Å². The standard InChI is InChI=1S/C29H25ClO6/c1-2-4-20-13-22-27(15-26(20)36-17-24(31)18-5-8-21(30)9-6-18)35-16-23(29(22)32)19-7-10-25-28(14-19)34-12-3-11-33-25/h5-10,13-16H,2-4,11-12,17H2,1H3. The molecule has 0 radical (unpaired) electrons. The van der Waals surface area contributed by atoms with Gasteiger partial charge in [-0.1, -0.05) is 31.0 Å². The van der Waals surface area contributed by atoms with Gasteiger partial charge >= 0.3 is 0 Å². The van der Waals surface area contributed by atoms with E-state index in [1.54, 1.807) is 36.4 Å². The van der Waals surface area contributed by atoms with E-state index >= 15 is 0 Å². The van der Waals surface area contributed by atoms with Crippen LogP contribution in [0.25, 0.3) is 22.1 Å². The first kappa shape index (κ1) is 23.9. The second-order valence-electron chi connectivity index (χ2n) is 8.62. The average Bonchev–Trinajstić information content (AvgIpc) is 3.13. The second kappa shape index (κ2) is 10.5. The lowest BCUT2D eigenvalue weighted by Crippen LogP contribution is -2.13. The zero-order chi connectivity index (χ0) is 25.1.